The first-order valence-electron chi connectivity index (χ1n) is 12.0. The van der Waals surface area contributed by atoms with Crippen LogP contribution in [0.4, 0.5) is 0 Å². The highest BCUT2D eigenvalue weighted by Crippen LogP contribution is 2.38. The van der Waals surface area contributed by atoms with Gasteiger partial charge >= 0.3 is 5.97 Å². The van der Waals surface area contributed by atoms with Gasteiger partial charge in [-0.15, -0.1) is 0 Å². The van der Waals surface area contributed by atoms with Gasteiger partial charge in [0.05, 0.1) is 38.5 Å². The average molecular weight is 583 g/mol. The third kappa shape index (κ3) is 4.56. The summed E-state index contributed by atoms with van der Waals surface area (Å²) in [5.74, 6) is 1.65. The molecule has 0 unspecified atom stereocenters. The van der Waals surface area contributed by atoms with Crippen molar-refractivity contribution in [2.75, 3.05) is 13.4 Å². The van der Waals surface area contributed by atoms with Crippen molar-refractivity contribution in [2.24, 2.45) is 4.99 Å². The van der Waals surface area contributed by atoms with E-state index in [-0.39, 0.29) is 24.5 Å². The number of carbonyl (C=O) groups excluding carboxylic acids is 1. The molecule has 2 aromatic carbocycles. The van der Waals surface area contributed by atoms with Crippen molar-refractivity contribution in [2.45, 2.75) is 19.9 Å². The summed E-state index contributed by atoms with van der Waals surface area (Å²) < 4.78 is 24.2. The monoisotopic (exact) mass is 582 g/mol. The number of hydrogen-bond donors (Lipinski definition) is 0. The molecule has 0 saturated carbocycles. The lowest BCUT2D eigenvalue weighted by molar-refractivity contribution is -0.139. The number of thiazole rings is 1. The Hall–Kier alpha value is -3.79. The minimum Gasteiger partial charge on any atom is -0.463 e. The molecule has 198 valence electrons. The van der Waals surface area contributed by atoms with E-state index < -0.39 is 12.0 Å². The number of furan rings is 1. The molecule has 8 nitrogen and oxygen atoms in total. The van der Waals surface area contributed by atoms with Crippen LogP contribution in [0.1, 0.15) is 31.2 Å². The molecular weight excluding hydrogens is 563 g/mol. The Kier molecular flexibility index (Phi) is 6.58. The van der Waals surface area contributed by atoms with Crippen molar-refractivity contribution in [3.05, 3.63) is 101 Å². The minimum atomic E-state index is -0.764. The minimum absolute atomic E-state index is 0.106. The summed E-state index contributed by atoms with van der Waals surface area (Å²) in [6.45, 7) is 3.76. The quantitative estimate of drug-likeness (QED) is 0.304. The highest BCUT2D eigenvalue weighted by Gasteiger charge is 2.34. The normalized spacial score (nSPS) is 16.3. The molecule has 0 bridgehead atoms. The van der Waals surface area contributed by atoms with E-state index in [2.05, 4.69) is 4.99 Å². The Morgan fingerprint density at radius 2 is 1.95 bits per heavy atom. The molecule has 0 radical (unpaired) electrons. The summed E-state index contributed by atoms with van der Waals surface area (Å²) in [5.41, 5.74) is 1.87. The molecule has 2 aliphatic rings. The van der Waals surface area contributed by atoms with Gasteiger partial charge in [-0.3, -0.25) is 9.36 Å². The van der Waals surface area contributed by atoms with E-state index in [4.69, 9.17) is 41.8 Å². The maximum Gasteiger partial charge on any atom is 0.338 e. The Morgan fingerprint density at radius 3 is 2.74 bits per heavy atom. The van der Waals surface area contributed by atoms with E-state index in [9.17, 15) is 9.59 Å². The third-order valence-corrected chi connectivity index (χ3v) is 8.06. The predicted molar refractivity (Wildman–Crippen MR) is 147 cm³/mol. The molecule has 0 amide bonds. The Labute approximate surface area is 236 Å². The van der Waals surface area contributed by atoms with Crippen molar-refractivity contribution in [3.63, 3.8) is 0 Å². The van der Waals surface area contributed by atoms with E-state index in [1.165, 1.54) is 15.9 Å². The second kappa shape index (κ2) is 10.1. The van der Waals surface area contributed by atoms with Crippen molar-refractivity contribution in [1.29, 1.82) is 0 Å². The molecule has 11 heteroatoms. The summed E-state index contributed by atoms with van der Waals surface area (Å²) in [5, 5.41) is 0.861. The zero-order valence-electron chi connectivity index (χ0n) is 20.7. The highest BCUT2D eigenvalue weighted by molar-refractivity contribution is 7.07. The molecule has 0 saturated heterocycles. The van der Waals surface area contributed by atoms with E-state index in [1.54, 1.807) is 62.4 Å². The number of hydrogen-bond acceptors (Lipinski definition) is 8. The predicted octanol–water partition coefficient (Wildman–Crippen LogP) is 5.09. The van der Waals surface area contributed by atoms with Crippen molar-refractivity contribution < 1.29 is 23.4 Å². The van der Waals surface area contributed by atoms with Crippen LogP contribution in [0.5, 0.6) is 11.5 Å². The fraction of sp³-hybridized carbons (Fsp3) is 0.179. The zero-order valence-corrected chi connectivity index (χ0v) is 23.0. The van der Waals surface area contributed by atoms with Gasteiger partial charge in [-0.1, -0.05) is 40.6 Å². The molecule has 4 heterocycles. The van der Waals surface area contributed by atoms with E-state index in [0.717, 1.165) is 5.56 Å². The SMILES string of the molecule is CCOC(=O)C1=C(C)N=c2s/c(=C/c3ccc(-c4ccc(Cl)c(Cl)c4)o3)c(=O)n2[C@H]1c1ccc2c(c1)OCO2. The van der Waals surface area contributed by atoms with Crippen molar-refractivity contribution in [1.82, 2.24) is 4.57 Å². The molecule has 2 aliphatic heterocycles. The van der Waals surface area contributed by atoms with Gasteiger partial charge in [0.25, 0.3) is 5.56 Å². The van der Waals surface area contributed by atoms with Crippen LogP contribution >= 0.6 is 34.5 Å². The molecule has 2 aromatic heterocycles. The second-order valence-electron chi connectivity index (χ2n) is 8.75. The number of halogens is 2. The third-order valence-electron chi connectivity index (χ3n) is 6.33. The fourth-order valence-corrected chi connectivity index (χ4v) is 5.88. The largest absolute Gasteiger partial charge is 0.463 e. The van der Waals surface area contributed by atoms with Gasteiger partial charge in [0.1, 0.15) is 11.5 Å². The zero-order chi connectivity index (χ0) is 27.3. The molecule has 1 atom stereocenters. The van der Waals surface area contributed by atoms with Crippen LogP contribution < -0.4 is 24.4 Å². The fourth-order valence-electron chi connectivity index (χ4n) is 4.55. The van der Waals surface area contributed by atoms with Crippen LogP contribution in [0.2, 0.25) is 10.0 Å². The standard InChI is InChI=1S/C28H20Cl2N2O6S/c1-3-35-27(34)24-14(2)31-28-32(25(24)16-5-8-21-22(11-16)37-13-36-21)26(33)23(39-28)12-17-6-9-20(38-17)15-4-7-18(29)19(30)10-15/h4-12,25H,3,13H2,1-2H3/b23-12+/t25-/m0/s1. The van der Waals surface area contributed by atoms with Crippen LogP contribution in [0.25, 0.3) is 17.4 Å². The number of aromatic nitrogens is 1. The smallest absolute Gasteiger partial charge is 0.338 e. The first kappa shape index (κ1) is 25.5. The number of carbonyl (C=O) groups is 1. The first-order valence-corrected chi connectivity index (χ1v) is 13.6. The van der Waals surface area contributed by atoms with Crippen molar-refractivity contribution in [3.8, 4) is 22.8 Å². The number of nitrogens with zero attached hydrogens (tertiary/aromatic N) is 2. The summed E-state index contributed by atoms with van der Waals surface area (Å²) in [7, 11) is 0. The van der Waals surface area contributed by atoms with E-state index in [0.29, 0.717) is 53.7 Å². The van der Waals surface area contributed by atoms with Crippen LogP contribution in [0.15, 0.2) is 74.0 Å². The van der Waals surface area contributed by atoms with Crippen LogP contribution in [0, 0.1) is 0 Å². The lowest BCUT2D eigenvalue weighted by Gasteiger charge is -2.24. The van der Waals surface area contributed by atoms with Gasteiger partial charge in [-0.05, 0) is 61.9 Å². The Balaban J connectivity index is 1.47. The highest BCUT2D eigenvalue weighted by atomic mass is 35.5. The molecule has 0 aliphatic carbocycles. The number of rotatable bonds is 5. The number of ether oxygens (including phenoxy) is 3. The first-order chi connectivity index (χ1) is 18.8. The summed E-state index contributed by atoms with van der Waals surface area (Å²) in [4.78, 5) is 31.9. The second-order valence-corrected chi connectivity index (χ2v) is 10.6. The summed E-state index contributed by atoms with van der Waals surface area (Å²) >= 11 is 13.4. The molecular formula is C28H20Cl2N2O6S. The Morgan fingerprint density at radius 1 is 1.13 bits per heavy atom. The lowest BCUT2D eigenvalue weighted by atomic mass is 9.95. The average Bonchev–Trinajstić information content (AvgIpc) is 3.64. The van der Waals surface area contributed by atoms with Gasteiger partial charge in [0.15, 0.2) is 16.3 Å². The number of fused-ring (bicyclic) bond motifs is 2. The lowest BCUT2D eigenvalue weighted by Crippen LogP contribution is -2.39. The van der Waals surface area contributed by atoms with Crippen LogP contribution in [-0.4, -0.2) is 23.9 Å². The summed E-state index contributed by atoms with van der Waals surface area (Å²) in [6, 6.07) is 13.3. The number of esters is 1. The number of allylic oxidation sites excluding steroid dienone is 1. The molecule has 0 N–H and O–H groups in total. The number of benzene rings is 2. The van der Waals surface area contributed by atoms with Crippen LogP contribution in [-0.2, 0) is 9.53 Å². The maximum absolute atomic E-state index is 13.8. The van der Waals surface area contributed by atoms with Gasteiger partial charge in [0.2, 0.25) is 6.79 Å². The van der Waals surface area contributed by atoms with E-state index >= 15 is 0 Å². The molecule has 4 aromatic rings. The van der Waals surface area contributed by atoms with Gasteiger partial charge in [-0.2, -0.15) is 0 Å². The molecule has 0 spiro atoms. The van der Waals surface area contributed by atoms with Crippen molar-refractivity contribution >= 4 is 46.6 Å². The van der Waals surface area contributed by atoms with Crippen LogP contribution in [0.3, 0.4) is 0 Å². The molecule has 39 heavy (non-hydrogen) atoms. The maximum atomic E-state index is 13.8. The van der Waals surface area contributed by atoms with Gasteiger partial charge in [-0.25, -0.2) is 9.79 Å². The molecule has 6 rings (SSSR count). The summed E-state index contributed by atoms with van der Waals surface area (Å²) in [6.07, 6.45) is 1.66. The topological polar surface area (TPSA) is 92.3 Å². The Bertz CT molecular complexity index is 1850. The molecule has 0 fully saturated rings. The van der Waals surface area contributed by atoms with Gasteiger partial charge in [0, 0.05) is 11.6 Å². The van der Waals surface area contributed by atoms with E-state index in [1.807, 2.05) is 6.07 Å². The van der Waals surface area contributed by atoms with Gasteiger partial charge < -0.3 is 18.6 Å².